The second kappa shape index (κ2) is 9.33. The number of fused-ring (bicyclic) bond motifs is 1. The molecule has 2 aromatic carbocycles. The van der Waals surface area contributed by atoms with Crippen molar-refractivity contribution in [3.05, 3.63) is 68.4 Å². The largest absolute Gasteiger partial charge is 0.506 e. The summed E-state index contributed by atoms with van der Waals surface area (Å²) in [5.41, 5.74) is 0.0260. The van der Waals surface area contributed by atoms with Gasteiger partial charge in [0.25, 0.3) is 11.5 Å². The molecular formula is C22H22Cl2N2O3. The normalized spacial score (nSPS) is 11.0. The molecule has 3 aromatic rings. The maximum atomic E-state index is 13.1. The summed E-state index contributed by atoms with van der Waals surface area (Å²) in [6, 6.07) is 11.8. The molecule has 0 aliphatic rings. The van der Waals surface area contributed by atoms with Crippen molar-refractivity contribution in [3.8, 4) is 5.75 Å². The van der Waals surface area contributed by atoms with Gasteiger partial charge in [-0.15, -0.1) is 0 Å². The first-order valence-corrected chi connectivity index (χ1v) is 10.3. The molecule has 1 heterocycles. The van der Waals surface area contributed by atoms with Crippen molar-refractivity contribution < 1.29 is 9.90 Å². The first-order valence-electron chi connectivity index (χ1n) is 9.55. The SMILES string of the molecule is CCCCCCn1c(=O)c(C(=O)Nc2cccc(Cl)c2Cl)c(O)c2ccccc21. The van der Waals surface area contributed by atoms with Gasteiger partial charge < -0.3 is 15.0 Å². The summed E-state index contributed by atoms with van der Waals surface area (Å²) in [5, 5.41) is 14.2. The zero-order valence-corrected chi connectivity index (χ0v) is 17.6. The van der Waals surface area contributed by atoms with E-state index in [9.17, 15) is 14.7 Å². The van der Waals surface area contributed by atoms with Gasteiger partial charge in [-0.25, -0.2) is 0 Å². The number of pyridine rings is 1. The van der Waals surface area contributed by atoms with E-state index < -0.39 is 11.5 Å². The van der Waals surface area contributed by atoms with Gasteiger partial charge in [-0.2, -0.15) is 0 Å². The van der Waals surface area contributed by atoms with E-state index in [2.05, 4.69) is 12.2 Å². The Morgan fingerprint density at radius 2 is 1.83 bits per heavy atom. The highest BCUT2D eigenvalue weighted by Crippen LogP contribution is 2.31. The van der Waals surface area contributed by atoms with Crippen molar-refractivity contribution in [3.63, 3.8) is 0 Å². The van der Waals surface area contributed by atoms with Crippen molar-refractivity contribution in [1.82, 2.24) is 4.57 Å². The van der Waals surface area contributed by atoms with Gasteiger partial charge in [0.05, 0.1) is 21.2 Å². The van der Waals surface area contributed by atoms with Crippen LogP contribution in [-0.4, -0.2) is 15.6 Å². The van der Waals surface area contributed by atoms with Crippen LogP contribution >= 0.6 is 23.2 Å². The van der Waals surface area contributed by atoms with E-state index in [-0.39, 0.29) is 27.0 Å². The Morgan fingerprint density at radius 1 is 1.07 bits per heavy atom. The lowest BCUT2D eigenvalue weighted by Gasteiger charge is -2.15. The number of benzene rings is 2. The smallest absolute Gasteiger partial charge is 0.267 e. The number of unbranched alkanes of at least 4 members (excludes halogenated alkanes) is 3. The minimum absolute atomic E-state index is 0.169. The summed E-state index contributed by atoms with van der Waals surface area (Å²) < 4.78 is 1.55. The van der Waals surface area contributed by atoms with Crippen LogP contribution in [0.4, 0.5) is 5.69 Å². The van der Waals surface area contributed by atoms with E-state index in [0.717, 1.165) is 25.7 Å². The quantitative estimate of drug-likeness (QED) is 0.460. The Kier molecular flexibility index (Phi) is 6.83. The Balaban J connectivity index is 2.06. The number of aromatic hydroxyl groups is 1. The third-order valence-electron chi connectivity index (χ3n) is 4.81. The third kappa shape index (κ3) is 4.41. The molecule has 0 fully saturated rings. The molecule has 0 spiro atoms. The summed E-state index contributed by atoms with van der Waals surface area (Å²) in [6.45, 7) is 2.59. The molecule has 1 amide bonds. The first-order chi connectivity index (χ1) is 14.0. The van der Waals surface area contributed by atoms with E-state index in [4.69, 9.17) is 23.2 Å². The fourth-order valence-electron chi connectivity index (χ4n) is 3.30. The van der Waals surface area contributed by atoms with Gasteiger partial charge in [-0.3, -0.25) is 9.59 Å². The molecule has 7 heteroatoms. The van der Waals surface area contributed by atoms with E-state index in [1.165, 1.54) is 0 Å². The minimum Gasteiger partial charge on any atom is -0.506 e. The van der Waals surface area contributed by atoms with Gasteiger partial charge in [-0.1, -0.05) is 67.6 Å². The second-order valence-electron chi connectivity index (χ2n) is 6.81. The van der Waals surface area contributed by atoms with Crippen molar-refractivity contribution >= 4 is 45.7 Å². The highest BCUT2D eigenvalue weighted by molar-refractivity contribution is 6.44. The summed E-state index contributed by atoms with van der Waals surface area (Å²) in [7, 11) is 0. The average Bonchev–Trinajstić information content (AvgIpc) is 2.71. The van der Waals surface area contributed by atoms with Gasteiger partial charge in [0.2, 0.25) is 0 Å². The van der Waals surface area contributed by atoms with Crippen molar-refractivity contribution in [1.29, 1.82) is 0 Å². The number of rotatable bonds is 7. The number of aromatic nitrogens is 1. The molecule has 0 saturated carbocycles. The van der Waals surface area contributed by atoms with Gasteiger partial charge in [0, 0.05) is 11.9 Å². The second-order valence-corrected chi connectivity index (χ2v) is 7.60. The molecule has 0 aliphatic heterocycles. The van der Waals surface area contributed by atoms with Crippen LogP contribution in [0.3, 0.4) is 0 Å². The van der Waals surface area contributed by atoms with Crippen LogP contribution in [0.1, 0.15) is 43.0 Å². The maximum Gasteiger partial charge on any atom is 0.267 e. The number of hydrogen-bond acceptors (Lipinski definition) is 3. The summed E-state index contributed by atoms with van der Waals surface area (Å²) in [5.74, 6) is -1.07. The van der Waals surface area contributed by atoms with Crippen LogP contribution in [0.5, 0.6) is 5.75 Å². The number of nitrogens with zero attached hydrogens (tertiary/aromatic N) is 1. The fraction of sp³-hybridized carbons (Fsp3) is 0.273. The van der Waals surface area contributed by atoms with E-state index in [0.29, 0.717) is 17.4 Å². The molecule has 3 rings (SSSR count). The zero-order valence-electron chi connectivity index (χ0n) is 16.0. The van der Waals surface area contributed by atoms with Crippen LogP contribution in [0.2, 0.25) is 10.0 Å². The molecular weight excluding hydrogens is 411 g/mol. The van der Waals surface area contributed by atoms with E-state index >= 15 is 0 Å². The zero-order chi connectivity index (χ0) is 21.0. The highest BCUT2D eigenvalue weighted by atomic mass is 35.5. The van der Waals surface area contributed by atoms with Crippen LogP contribution in [0.15, 0.2) is 47.3 Å². The maximum absolute atomic E-state index is 13.1. The van der Waals surface area contributed by atoms with Crippen molar-refractivity contribution in [2.45, 2.75) is 39.2 Å². The van der Waals surface area contributed by atoms with Gasteiger partial charge in [0.15, 0.2) is 0 Å². The lowest BCUT2D eigenvalue weighted by molar-refractivity contribution is 0.102. The summed E-state index contributed by atoms with van der Waals surface area (Å²) in [4.78, 5) is 26.0. The average molecular weight is 433 g/mol. The van der Waals surface area contributed by atoms with Crippen molar-refractivity contribution in [2.75, 3.05) is 5.32 Å². The molecule has 0 saturated heterocycles. The Bertz CT molecular complexity index is 1110. The minimum atomic E-state index is -0.732. The molecule has 0 unspecified atom stereocenters. The van der Waals surface area contributed by atoms with Crippen molar-refractivity contribution in [2.24, 2.45) is 0 Å². The lowest BCUT2D eigenvalue weighted by atomic mass is 10.1. The van der Waals surface area contributed by atoms with Crippen LogP contribution in [0, 0.1) is 0 Å². The van der Waals surface area contributed by atoms with Gasteiger partial charge in [0.1, 0.15) is 11.3 Å². The van der Waals surface area contributed by atoms with Crippen LogP contribution in [0.25, 0.3) is 10.9 Å². The third-order valence-corrected chi connectivity index (χ3v) is 5.63. The predicted molar refractivity (Wildman–Crippen MR) is 118 cm³/mol. The number of nitrogens with one attached hydrogen (secondary N) is 1. The number of carbonyl (C=O) groups excluding carboxylic acids is 1. The fourth-order valence-corrected chi connectivity index (χ4v) is 3.65. The molecule has 29 heavy (non-hydrogen) atoms. The molecule has 152 valence electrons. The number of para-hydroxylation sites is 1. The predicted octanol–water partition coefficient (Wildman–Crippen LogP) is 5.85. The number of hydrogen-bond donors (Lipinski definition) is 2. The topological polar surface area (TPSA) is 71.3 Å². The van der Waals surface area contributed by atoms with E-state index in [1.807, 2.05) is 0 Å². The Morgan fingerprint density at radius 3 is 2.59 bits per heavy atom. The molecule has 0 bridgehead atoms. The first kappa shape index (κ1) is 21.2. The van der Waals surface area contributed by atoms with Gasteiger partial charge >= 0.3 is 0 Å². The number of halogens is 2. The molecule has 0 atom stereocenters. The molecule has 0 radical (unpaired) electrons. The molecule has 1 aromatic heterocycles. The Hall–Kier alpha value is -2.50. The number of aryl methyl sites for hydroxylation is 1. The van der Waals surface area contributed by atoms with Crippen LogP contribution < -0.4 is 10.9 Å². The standard InChI is InChI=1S/C22H22Cl2N2O3/c1-2-3-4-7-13-26-17-12-6-5-9-14(17)20(27)18(22(26)29)21(28)25-16-11-8-10-15(23)19(16)24/h5-6,8-12,27H,2-4,7,13H2,1H3,(H,25,28). The van der Waals surface area contributed by atoms with E-state index in [1.54, 1.807) is 47.0 Å². The van der Waals surface area contributed by atoms with Gasteiger partial charge in [-0.05, 0) is 30.7 Å². The number of amides is 1. The molecule has 5 nitrogen and oxygen atoms in total. The summed E-state index contributed by atoms with van der Waals surface area (Å²) >= 11 is 12.1. The number of carbonyl (C=O) groups is 1. The number of anilines is 1. The Labute approximate surface area is 178 Å². The molecule has 0 aliphatic carbocycles. The monoisotopic (exact) mass is 432 g/mol. The van der Waals surface area contributed by atoms with Crippen LogP contribution in [-0.2, 0) is 6.54 Å². The summed E-state index contributed by atoms with van der Waals surface area (Å²) in [6.07, 6.45) is 3.95. The lowest BCUT2D eigenvalue weighted by Crippen LogP contribution is -2.30. The molecule has 2 N–H and O–H groups in total. The highest BCUT2D eigenvalue weighted by Gasteiger charge is 2.23.